The van der Waals surface area contributed by atoms with Crippen molar-refractivity contribution in [3.05, 3.63) is 129 Å². The lowest BCUT2D eigenvalue weighted by atomic mass is 9.76. The summed E-state index contributed by atoms with van der Waals surface area (Å²) in [6.45, 7) is 4.65. The van der Waals surface area contributed by atoms with Crippen molar-refractivity contribution in [2.75, 3.05) is 11.9 Å². The van der Waals surface area contributed by atoms with Crippen LogP contribution < -0.4 is 14.8 Å². The second kappa shape index (κ2) is 11.9. The molecular weight excluding hydrogens is 579 g/mol. The summed E-state index contributed by atoms with van der Waals surface area (Å²) in [4.78, 5) is 4.73. The van der Waals surface area contributed by atoms with Crippen LogP contribution in [0.2, 0.25) is 0 Å². The lowest BCUT2D eigenvalue weighted by molar-refractivity contribution is 0.264. The van der Waals surface area contributed by atoms with Gasteiger partial charge in [-0.1, -0.05) is 60.2 Å². The van der Waals surface area contributed by atoms with Gasteiger partial charge in [0.15, 0.2) is 11.5 Å². The van der Waals surface area contributed by atoms with E-state index in [4.69, 9.17) is 14.5 Å². The number of allylic oxidation sites excluding steroid dienone is 2. The topological polar surface area (TPSA) is 42.8 Å². The van der Waals surface area contributed by atoms with Crippen molar-refractivity contribution in [3.8, 4) is 11.5 Å². The molecule has 0 saturated heterocycles. The summed E-state index contributed by atoms with van der Waals surface area (Å²) in [6, 6.07) is 25.9. The number of aryl methyl sites for hydroxylation is 1. The molecule has 0 aromatic heterocycles. The zero-order chi connectivity index (χ0) is 28.3. The van der Waals surface area contributed by atoms with Crippen LogP contribution in [0.1, 0.15) is 53.1 Å². The molecule has 1 aliphatic heterocycles. The van der Waals surface area contributed by atoms with E-state index in [0.717, 1.165) is 22.1 Å². The Bertz CT molecular complexity index is 1620. The molecule has 0 fully saturated rings. The Morgan fingerprint density at radius 2 is 1.85 bits per heavy atom. The number of hydrogen-bond acceptors (Lipinski definition) is 4. The smallest absolute Gasteiger partial charge is 0.175 e. The molecule has 0 bridgehead atoms. The van der Waals surface area contributed by atoms with Gasteiger partial charge in [-0.05, 0) is 95.2 Å². The zero-order valence-electron chi connectivity index (χ0n) is 23.1. The summed E-state index contributed by atoms with van der Waals surface area (Å²) in [5, 5.41) is 3.81. The molecule has 1 N–H and O–H groups in total. The Morgan fingerprint density at radius 1 is 1.02 bits per heavy atom. The quantitative estimate of drug-likeness (QED) is 0.159. The third-order valence-electron chi connectivity index (χ3n) is 7.79. The number of hydrogen-bond donors (Lipinski definition) is 1. The molecule has 208 valence electrons. The standard InChI is InChI=1S/C35H32BrFN2O2/c1-3-40-33-19-23(18-30(36)35(33)41-21-25-7-4-5-10-31(25)37)20-38-26-14-12-24(13-15-26)34-28-9-6-8-27(28)29-17-22(2)11-16-32(29)39-34/h4-8,10-20,27-28,34,39H,3,9,21H2,1-2H3/t27-,28+,34-/m0/s1. The fourth-order valence-electron chi connectivity index (χ4n) is 5.79. The maximum Gasteiger partial charge on any atom is 0.175 e. The van der Waals surface area contributed by atoms with E-state index in [0.29, 0.717) is 35.5 Å². The molecule has 41 heavy (non-hydrogen) atoms. The van der Waals surface area contributed by atoms with Crippen molar-refractivity contribution in [2.45, 2.75) is 38.8 Å². The van der Waals surface area contributed by atoms with Crippen LogP contribution in [0.15, 0.2) is 100 Å². The van der Waals surface area contributed by atoms with Crippen LogP contribution in [-0.2, 0) is 6.61 Å². The lowest BCUT2D eigenvalue weighted by Gasteiger charge is -2.37. The van der Waals surface area contributed by atoms with Crippen LogP contribution in [0, 0.1) is 18.7 Å². The van der Waals surface area contributed by atoms with Crippen molar-refractivity contribution in [3.63, 3.8) is 0 Å². The molecule has 0 amide bonds. The number of aliphatic imine (C=N–C) groups is 1. The third kappa shape index (κ3) is 5.80. The largest absolute Gasteiger partial charge is 0.490 e. The van der Waals surface area contributed by atoms with Crippen molar-refractivity contribution >= 4 is 33.5 Å². The summed E-state index contributed by atoms with van der Waals surface area (Å²) >= 11 is 3.61. The van der Waals surface area contributed by atoms with Gasteiger partial charge in [0.25, 0.3) is 0 Å². The van der Waals surface area contributed by atoms with Gasteiger partial charge in [0, 0.05) is 23.4 Å². The number of halogens is 2. The van der Waals surface area contributed by atoms with Gasteiger partial charge in [-0.15, -0.1) is 0 Å². The van der Waals surface area contributed by atoms with Crippen LogP contribution in [0.4, 0.5) is 15.8 Å². The van der Waals surface area contributed by atoms with Crippen molar-refractivity contribution in [1.29, 1.82) is 0 Å². The third-order valence-corrected chi connectivity index (χ3v) is 8.38. The SMILES string of the molecule is CCOc1cc(C=Nc2ccc([C@@H]3Nc4ccc(C)cc4[C@H]4C=CC[C@H]43)cc2)cc(Br)c1OCc1ccccc1F. The minimum atomic E-state index is -0.296. The second-order valence-corrected chi connectivity index (χ2v) is 11.4. The molecule has 2 aliphatic rings. The number of anilines is 1. The molecule has 0 unspecified atom stereocenters. The molecule has 4 aromatic rings. The Hall–Kier alpha value is -3.90. The van der Waals surface area contributed by atoms with E-state index in [-0.39, 0.29) is 18.5 Å². The van der Waals surface area contributed by atoms with E-state index in [9.17, 15) is 4.39 Å². The van der Waals surface area contributed by atoms with Gasteiger partial charge in [0.1, 0.15) is 12.4 Å². The fourth-order valence-corrected chi connectivity index (χ4v) is 6.37. The van der Waals surface area contributed by atoms with Gasteiger partial charge >= 0.3 is 0 Å². The maximum absolute atomic E-state index is 14.1. The van der Waals surface area contributed by atoms with Crippen LogP contribution in [0.25, 0.3) is 0 Å². The van der Waals surface area contributed by atoms with Gasteiger partial charge in [-0.3, -0.25) is 4.99 Å². The first-order valence-electron chi connectivity index (χ1n) is 14.0. The summed E-state index contributed by atoms with van der Waals surface area (Å²) < 4.78 is 26.6. The predicted molar refractivity (Wildman–Crippen MR) is 167 cm³/mol. The molecule has 0 saturated carbocycles. The number of ether oxygens (including phenoxy) is 2. The molecule has 1 aliphatic carbocycles. The number of nitrogens with zero attached hydrogens (tertiary/aromatic N) is 1. The summed E-state index contributed by atoms with van der Waals surface area (Å²) in [6.07, 6.45) is 7.59. The second-order valence-electron chi connectivity index (χ2n) is 10.6. The van der Waals surface area contributed by atoms with Crippen LogP contribution in [0.3, 0.4) is 0 Å². The van der Waals surface area contributed by atoms with Crippen LogP contribution >= 0.6 is 15.9 Å². The minimum absolute atomic E-state index is 0.101. The average molecular weight is 612 g/mol. The highest BCUT2D eigenvalue weighted by Crippen LogP contribution is 2.50. The fraction of sp³-hybridized carbons (Fsp3) is 0.229. The van der Waals surface area contributed by atoms with Gasteiger partial charge < -0.3 is 14.8 Å². The highest BCUT2D eigenvalue weighted by atomic mass is 79.9. The minimum Gasteiger partial charge on any atom is -0.490 e. The van der Waals surface area contributed by atoms with Gasteiger partial charge in [0.2, 0.25) is 0 Å². The molecule has 4 nitrogen and oxygen atoms in total. The first-order chi connectivity index (χ1) is 20.0. The number of nitrogens with one attached hydrogen (secondary N) is 1. The predicted octanol–water partition coefficient (Wildman–Crippen LogP) is 9.45. The van der Waals surface area contributed by atoms with Crippen LogP contribution in [-0.4, -0.2) is 12.8 Å². The molecule has 4 aromatic carbocycles. The summed E-state index contributed by atoms with van der Waals surface area (Å²) in [5.74, 6) is 1.77. The molecule has 6 heteroatoms. The Balaban J connectivity index is 1.18. The molecular formula is C35H32BrFN2O2. The molecule has 6 rings (SSSR count). The lowest BCUT2D eigenvalue weighted by Crippen LogP contribution is -2.29. The van der Waals surface area contributed by atoms with Gasteiger partial charge in [-0.25, -0.2) is 4.39 Å². The number of fused-ring (bicyclic) bond motifs is 3. The first-order valence-corrected chi connectivity index (χ1v) is 14.8. The summed E-state index contributed by atoms with van der Waals surface area (Å²) in [5.41, 5.74) is 7.43. The van der Waals surface area contributed by atoms with Crippen molar-refractivity contribution < 1.29 is 13.9 Å². The Labute approximate surface area is 249 Å². The highest BCUT2D eigenvalue weighted by Gasteiger charge is 2.37. The molecule has 3 atom stereocenters. The van der Waals surface area contributed by atoms with Gasteiger partial charge in [-0.2, -0.15) is 0 Å². The zero-order valence-corrected chi connectivity index (χ0v) is 24.7. The van der Waals surface area contributed by atoms with Crippen LogP contribution in [0.5, 0.6) is 11.5 Å². The highest BCUT2D eigenvalue weighted by molar-refractivity contribution is 9.10. The molecule has 0 radical (unpaired) electrons. The Kier molecular flexibility index (Phi) is 7.93. The number of rotatable bonds is 8. The van der Waals surface area contributed by atoms with E-state index in [1.807, 2.05) is 25.3 Å². The Morgan fingerprint density at radius 3 is 2.66 bits per heavy atom. The number of benzene rings is 4. The average Bonchev–Trinajstić information content (AvgIpc) is 3.47. The van der Waals surface area contributed by atoms with E-state index in [2.05, 4.69) is 82.8 Å². The summed E-state index contributed by atoms with van der Waals surface area (Å²) in [7, 11) is 0. The normalized spacial score (nSPS) is 19.1. The molecule has 1 heterocycles. The van der Waals surface area contributed by atoms with E-state index in [1.54, 1.807) is 18.2 Å². The first kappa shape index (κ1) is 27.3. The monoisotopic (exact) mass is 610 g/mol. The maximum atomic E-state index is 14.1. The van der Waals surface area contributed by atoms with Gasteiger partial charge in [0.05, 0.1) is 22.8 Å². The van der Waals surface area contributed by atoms with Crippen molar-refractivity contribution in [1.82, 2.24) is 0 Å². The molecule has 0 spiro atoms. The van der Waals surface area contributed by atoms with E-state index in [1.165, 1.54) is 28.4 Å². The van der Waals surface area contributed by atoms with E-state index < -0.39 is 0 Å². The van der Waals surface area contributed by atoms with Crippen molar-refractivity contribution in [2.24, 2.45) is 10.9 Å². The van der Waals surface area contributed by atoms with E-state index >= 15 is 0 Å².